The molecule has 55 heavy (non-hydrogen) atoms. The summed E-state index contributed by atoms with van der Waals surface area (Å²) < 4.78 is 17.6. The number of aliphatic hydroxyl groups excluding tert-OH is 2. The number of allylic oxidation sites excluding steroid dienone is 9. The smallest absolute Gasteiger partial charge is 0.360 e. The fraction of sp³-hybridized carbons (Fsp3) is 0.455. The van der Waals surface area contributed by atoms with Gasteiger partial charge in [-0.25, -0.2) is 19.6 Å². The first kappa shape index (κ1) is 43.3. The molecule has 4 rings (SSSR count). The molecule has 0 radical (unpaired) electrons. The summed E-state index contributed by atoms with van der Waals surface area (Å²) in [5.41, 5.74) is -1.27. The molecule has 0 aromatic carbocycles. The van der Waals surface area contributed by atoms with E-state index in [1.165, 1.54) is 17.6 Å². The highest BCUT2D eigenvalue weighted by atomic mass is 32.1. The van der Waals surface area contributed by atoms with Crippen molar-refractivity contribution >= 4 is 29.4 Å². The van der Waals surface area contributed by atoms with Gasteiger partial charge in [-0.3, -0.25) is 4.90 Å². The minimum absolute atomic E-state index is 0.0410. The number of fused-ring (bicyclic) bond motifs is 5. The lowest BCUT2D eigenvalue weighted by Gasteiger charge is -2.36. The Kier molecular flexibility index (Phi) is 15.7. The molecule has 0 amide bonds. The second kappa shape index (κ2) is 20.0. The molecule has 4 heterocycles. The predicted octanol–water partition coefficient (Wildman–Crippen LogP) is 8.26. The van der Waals surface area contributed by atoms with E-state index in [4.69, 9.17) is 13.9 Å². The van der Waals surface area contributed by atoms with E-state index in [0.29, 0.717) is 19.3 Å². The number of hydrogen-bond acceptors (Lipinski definition) is 11. The quantitative estimate of drug-likeness (QED) is 0.168. The normalized spacial score (nSPS) is 29.6. The van der Waals surface area contributed by atoms with Crippen LogP contribution in [0.15, 0.2) is 107 Å². The van der Waals surface area contributed by atoms with E-state index in [9.17, 15) is 19.8 Å². The fourth-order valence-corrected chi connectivity index (χ4v) is 7.04. The molecule has 1 fully saturated rings. The Bertz CT molecular complexity index is 1820. The number of aliphatic hydroxyl groups is 2. The van der Waals surface area contributed by atoms with Gasteiger partial charge in [0.15, 0.2) is 11.4 Å². The van der Waals surface area contributed by atoms with E-state index in [1.807, 2.05) is 91.1 Å². The van der Waals surface area contributed by atoms with Crippen LogP contribution in [0.2, 0.25) is 0 Å². The third-order valence-electron chi connectivity index (χ3n) is 10.2. The SMILES string of the molecule is C/C=C/[C@H](O)C(C)(C)[C@@H]1C\C=C/C=C\C=C\[C@H](C)Cc2nc(cs2)C(=O)O[C@H](C(C)(C)[C@@H](O)/C=C/C)C/C=C\[C@@H]2[C@H](/C=C/C=C\c3nc(co3)C(=O)O1)N2C. The highest BCUT2D eigenvalue weighted by molar-refractivity contribution is 7.09. The molecule has 296 valence electrons. The number of hydrogen-bond donors (Lipinski definition) is 2. The number of carbonyl (C=O) groups is 2. The second-order valence-corrected chi connectivity index (χ2v) is 16.2. The van der Waals surface area contributed by atoms with Crippen LogP contribution in [0.25, 0.3) is 6.08 Å². The number of thiazole rings is 1. The minimum Gasteiger partial charge on any atom is -0.457 e. The Morgan fingerprint density at radius 2 is 1.38 bits per heavy atom. The van der Waals surface area contributed by atoms with E-state index in [2.05, 4.69) is 40.0 Å². The fourth-order valence-electron chi connectivity index (χ4n) is 6.14. The molecule has 0 saturated carbocycles. The first-order valence-electron chi connectivity index (χ1n) is 18.9. The van der Waals surface area contributed by atoms with Crippen LogP contribution in [0.5, 0.6) is 0 Å². The van der Waals surface area contributed by atoms with Gasteiger partial charge in [0.2, 0.25) is 5.89 Å². The van der Waals surface area contributed by atoms with Gasteiger partial charge in [-0.2, -0.15) is 0 Å². The molecular formula is C44H57N3O7S. The zero-order valence-electron chi connectivity index (χ0n) is 33.2. The lowest BCUT2D eigenvalue weighted by molar-refractivity contribution is -0.0461. The summed E-state index contributed by atoms with van der Waals surface area (Å²) in [5.74, 6) is -0.735. The molecule has 2 aromatic heterocycles. The molecule has 2 aliphatic rings. The Labute approximate surface area is 330 Å². The third kappa shape index (κ3) is 12.0. The number of oxazole rings is 1. The van der Waals surface area contributed by atoms with Crippen LogP contribution in [0.4, 0.5) is 0 Å². The summed E-state index contributed by atoms with van der Waals surface area (Å²) in [4.78, 5) is 37.8. The van der Waals surface area contributed by atoms with Gasteiger partial charge in [-0.05, 0) is 26.8 Å². The molecule has 10 nitrogen and oxygen atoms in total. The van der Waals surface area contributed by atoms with Crippen LogP contribution in [0.3, 0.4) is 0 Å². The Morgan fingerprint density at radius 3 is 2.04 bits per heavy atom. The second-order valence-electron chi connectivity index (χ2n) is 15.2. The van der Waals surface area contributed by atoms with Crippen LogP contribution < -0.4 is 0 Å². The molecule has 8 atom stereocenters. The van der Waals surface area contributed by atoms with Crippen molar-refractivity contribution in [2.24, 2.45) is 16.7 Å². The van der Waals surface area contributed by atoms with Crippen LogP contribution in [0.1, 0.15) is 93.2 Å². The number of cyclic esters (lactones) is 2. The van der Waals surface area contributed by atoms with Gasteiger partial charge in [0.25, 0.3) is 0 Å². The number of esters is 2. The molecule has 0 aliphatic carbocycles. The van der Waals surface area contributed by atoms with Crippen molar-refractivity contribution in [3.63, 3.8) is 0 Å². The Morgan fingerprint density at radius 1 is 0.800 bits per heavy atom. The number of rotatable bonds is 6. The van der Waals surface area contributed by atoms with Crippen molar-refractivity contribution in [3.05, 3.63) is 125 Å². The predicted molar refractivity (Wildman–Crippen MR) is 218 cm³/mol. The van der Waals surface area contributed by atoms with Crippen molar-refractivity contribution in [2.75, 3.05) is 7.05 Å². The highest BCUT2D eigenvalue weighted by Crippen LogP contribution is 2.34. The van der Waals surface area contributed by atoms with E-state index < -0.39 is 47.2 Å². The summed E-state index contributed by atoms with van der Waals surface area (Å²) in [6.07, 6.45) is 29.9. The topological polar surface area (TPSA) is 135 Å². The van der Waals surface area contributed by atoms with Crippen LogP contribution in [-0.2, 0) is 15.9 Å². The minimum atomic E-state index is -0.847. The van der Waals surface area contributed by atoms with Gasteiger partial charge in [-0.15, -0.1) is 11.3 Å². The molecule has 2 aliphatic heterocycles. The lowest BCUT2D eigenvalue weighted by atomic mass is 9.79. The largest absolute Gasteiger partial charge is 0.457 e. The lowest BCUT2D eigenvalue weighted by Crippen LogP contribution is -2.42. The first-order valence-corrected chi connectivity index (χ1v) is 19.7. The zero-order chi connectivity index (χ0) is 40.2. The van der Waals surface area contributed by atoms with Gasteiger partial charge in [0.1, 0.15) is 18.5 Å². The monoisotopic (exact) mass is 771 g/mol. The van der Waals surface area contributed by atoms with E-state index >= 15 is 0 Å². The zero-order valence-corrected chi connectivity index (χ0v) is 34.1. The van der Waals surface area contributed by atoms with Crippen molar-refractivity contribution < 1.29 is 33.7 Å². The molecule has 11 heteroatoms. The van der Waals surface area contributed by atoms with Gasteiger partial charge < -0.3 is 24.1 Å². The van der Waals surface area contributed by atoms with Gasteiger partial charge in [-0.1, -0.05) is 126 Å². The number of nitrogens with zero attached hydrogens (tertiary/aromatic N) is 3. The molecule has 2 N–H and O–H groups in total. The summed E-state index contributed by atoms with van der Waals surface area (Å²) >= 11 is 1.43. The van der Waals surface area contributed by atoms with Gasteiger partial charge >= 0.3 is 11.9 Å². The maximum atomic E-state index is 13.4. The molecular weight excluding hydrogens is 715 g/mol. The summed E-state index contributed by atoms with van der Waals surface area (Å²) in [6.45, 7) is 13.3. The van der Waals surface area contributed by atoms with Gasteiger partial charge in [0, 0.05) is 53.6 Å². The molecule has 2 aromatic rings. The number of likely N-dealkylation sites (N-methyl/N-ethyl adjacent to an activating group) is 1. The van der Waals surface area contributed by atoms with E-state index in [1.54, 1.807) is 41.8 Å². The standard InChI is InChI=1S/C44H57N3O7S/c1-9-19-35(48)43(4,5)37-24-15-13-11-12-14-21-30(3)27-40-46-32(29-55-40)42(51)54-38(44(6,7)36(49)20-10-2)25-18-23-34-33(47(34)8)22-16-17-26-39-45-31(28-52-39)41(50)53-37/h9-23,26,28-30,33-38,48-49H,24-25,27H2,1-8H3/b12-11-,15-13-,19-9+,20-10+,21-14+,22-16+,23-18-,26-17-/t30-,33-,34+,35-,36-,37-,38-,47?/m0/s1. The molecule has 0 spiro atoms. The van der Waals surface area contributed by atoms with Gasteiger partial charge in [0.05, 0.1) is 17.2 Å². The van der Waals surface area contributed by atoms with E-state index in [-0.39, 0.29) is 35.3 Å². The number of carbonyl (C=O) groups excluding carboxylic acids is 2. The maximum absolute atomic E-state index is 13.4. The van der Waals surface area contributed by atoms with Crippen molar-refractivity contribution in [2.45, 2.75) is 104 Å². The average Bonchev–Trinajstić information content (AvgIpc) is 3.48. The first-order chi connectivity index (χ1) is 26.2. The number of aromatic nitrogens is 2. The summed E-state index contributed by atoms with van der Waals surface area (Å²) in [5, 5.41) is 24.4. The number of ether oxygens (including phenoxy) is 2. The Balaban J connectivity index is 1.58. The molecule has 1 saturated heterocycles. The van der Waals surface area contributed by atoms with Crippen molar-refractivity contribution in [3.8, 4) is 0 Å². The Hall–Kier alpha value is -4.42. The van der Waals surface area contributed by atoms with E-state index in [0.717, 1.165) is 5.01 Å². The molecule has 1 unspecified atom stereocenters. The molecule has 4 bridgehead atoms. The van der Waals surface area contributed by atoms with Crippen LogP contribution in [0, 0.1) is 16.7 Å². The maximum Gasteiger partial charge on any atom is 0.360 e. The van der Waals surface area contributed by atoms with Crippen LogP contribution in [-0.4, -0.2) is 80.6 Å². The summed E-state index contributed by atoms with van der Waals surface area (Å²) in [6, 6.07) is 0.311. The summed E-state index contributed by atoms with van der Waals surface area (Å²) in [7, 11) is 2.02. The van der Waals surface area contributed by atoms with Crippen LogP contribution >= 0.6 is 11.3 Å². The highest BCUT2D eigenvalue weighted by Gasteiger charge is 2.41. The third-order valence-corrected chi connectivity index (χ3v) is 11.1. The average molecular weight is 772 g/mol. The van der Waals surface area contributed by atoms with Crippen molar-refractivity contribution in [1.29, 1.82) is 0 Å². The van der Waals surface area contributed by atoms with Crippen molar-refractivity contribution in [1.82, 2.24) is 14.9 Å².